The van der Waals surface area contributed by atoms with Crippen molar-refractivity contribution in [3.63, 3.8) is 0 Å². The largest absolute Gasteiger partial charge is 0.477 e. The van der Waals surface area contributed by atoms with E-state index >= 15 is 0 Å². The second-order valence-electron chi connectivity index (χ2n) is 8.57. The van der Waals surface area contributed by atoms with E-state index in [-0.39, 0.29) is 48.6 Å². The van der Waals surface area contributed by atoms with Crippen LogP contribution in [0.1, 0.15) is 15.9 Å². The number of carbonyl (C=O) groups is 1. The van der Waals surface area contributed by atoms with E-state index in [9.17, 15) is 19.1 Å². The Bertz CT molecular complexity index is 1460. The fourth-order valence-electron chi connectivity index (χ4n) is 4.54. The van der Waals surface area contributed by atoms with E-state index in [1.165, 1.54) is 18.3 Å². The Kier molecular flexibility index (Phi) is 10.6. The second kappa shape index (κ2) is 13.0. The van der Waals surface area contributed by atoms with Gasteiger partial charge in [0.2, 0.25) is 5.43 Å². The van der Waals surface area contributed by atoms with Gasteiger partial charge in [-0.15, -0.1) is 37.2 Å². The lowest BCUT2D eigenvalue weighted by Gasteiger charge is -2.37. The normalized spacial score (nSPS) is 12.8. The quantitative estimate of drug-likeness (QED) is 0.349. The van der Waals surface area contributed by atoms with Crippen molar-refractivity contribution in [2.24, 2.45) is 5.73 Å². The molecule has 1 aliphatic heterocycles. The number of carboxylic acids is 1. The zero-order valence-corrected chi connectivity index (χ0v) is 22.7. The fraction of sp³-hybridized carbons (Fsp3) is 0.185. The number of halogens is 4. The molecule has 0 aliphatic carbocycles. The van der Waals surface area contributed by atoms with E-state index in [0.29, 0.717) is 17.4 Å². The molecule has 1 saturated heterocycles. The minimum absolute atomic E-state index is 0. The van der Waals surface area contributed by atoms with Gasteiger partial charge in [0.05, 0.1) is 5.52 Å². The zero-order valence-electron chi connectivity index (χ0n) is 20.2. The first kappa shape index (κ1) is 30.9. The van der Waals surface area contributed by atoms with E-state index in [1.54, 1.807) is 22.8 Å². The van der Waals surface area contributed by atoms with E-state index in [2.05, 4.69) is 9.80 Å². The molecule has 0 radical (unpaired) electrons. The summed E-state index contributed by atoms with van der Waals surface area (Å²) in [5, 5.41) is 9.96. The minimum Gasteiger partial charge on any atom is -0.477 e. The van der Waals surface area contributed by atoms with Gasteiger partial charge in [-0.3, -0.25) is 4.79 Å². The topological polar surface area (TPSA) is 91.8 Å². The van der Waals surface area contributed by atoms with Crippen LogP contribution in [0.3, 0.4) is 0 Å². The molecule has 1 aliphatic rings. The highest BCUT2D eigenvalue weighted by molar-refractivity contribution is 5.94. The van der Waals surface area contributed by atoms with Crippen molar-refractivity contribution in [1.82, 2.24) is 4.57 Å². The lowest BCUT2D eigenvalue weighted by Crippen LogP contribution is -2.46. The van der Waals surface area contributed by atoms with Gasteiger partial charge < -0.3 is 25.2 Å². The van der Waals surface area contributed by atoms with Crippen LogP contribution >= 0.6 is 37.2 Å². The number of pyridine rings is 1. The van der Waals surface area contributed by atoms with Crippen LogP contribution in [0.5, 0.6) is 0 Å². The monoisotopic (exact) mass is 580 g/mol. The van der Waals surface area contributed by atoms with Crippen molar-refractivity contribution in [3.8, 4) is 5.69 Å². The van der Waals surface area contributed by atoms with Crippen LogP contribution in [0.15, 0.2) is 77.7 Å². The Labute approximate surface area is 237 Å². The van der Waals surface area contributed by atoms with Crippen LogP contribution in [-0.2, 0) is 6.54 Å². The molecule has 3 aromatic carbocycles. The van der Waals surface area contributed by atoms with Crippen LogP contribution in [0.25, 0.3) is 16.6 Å². The number of benzene rings is 3. The number of rotatable bonds is 5. The molecule has 11 heteroatoms. The molecule has 4 aromatic rings. The van der Waals surface area contributed by atoms with Crippen LogP contribution in [0.2, 0.25) is 0 Å². The molecule has 5 rings (SSSR count). The first-order valence-corrected chi connectivity index (χ1v) is 11.4. The van der Waals surface area contributed by atoms with Crippen molar-refractivity contribution in [3.05, 3.63) is 100 Å². The van der Waals surface area contributed by atoms with E-state index < -0.39 is 11.4 Å². The third-order valence-corrected chi connectivity index (χ3v) is 6.51. The van der Waals surface area contributed by atoms with Gasteiger partial charge in [0.1, 0.15) is 11.4 Å². The van der Waals surface area contributed by atoms with Gasteiger partial charge in [-0.05, 0) is 60.2 Å². The number of fused-ring (bicyclic) bond motifs is 1. The van der Waals surface area contributed by atoms with Crippen molar-refractivity contribution in [2.75, 3.05) is 36.0 Å². The van der Waals surface area contributed by atoms with Crippen LogP contribution in [0, 0.1) is 5.82 Å². The van der Waals surface area contributed by atoms with Gasteiger partial charge >= 0.3 is 5.97 Å². The van der Waals surface area contributed by atoms with Gasteiger partial charge in [0.15, 0.2) is 0 Å². The summed E-state index contributed by atoms with van der Waals surface area (Å²) in [6.45, 7) is 3.46. The molecular formula is C27H28Cl3FN4O3. The van der Waals surface area contributed by atoms with Crippen molar-refractivity contribution in [2.45, 2.75) is 6.54 Å². The molecule has 1 aromatic heterocycles. The maximum atomic E-state index is 13.3. The summed E-state index contributed by atoms with van der Waals surface area (Å²) in [6, 6.07) is 19.5. The van der Waals surface area contributed by atoms with Crippen molar-refractivity contribution < 1.29 is 14.3 Å². The molecule has 2 heterocycles. The summed E-state index contributed by atoms with van der Waals surface area (Å²) in [4.78, 5) is 29.1. The lowest BCUT2D eigenvalue weighted by molar-refractivity contribution is 0.0695. The number of nitrogens with two attached hydrogens (primary N) is 1. The molecule has 3 N–H and O–H groups in total. The molecule has 1 fully saturated rings. The average molecular weight is 582 g/mol. The predicted molar refractivity (Wildman–Crippen MR) is 157 cm³/mol. The number of piperazine rings is 1. The van der Waals surface area contributed by atoms with E-state index in [1.807, 2.05) is 36.4 Å². The Morgan fingerprint density at radius 3 is 1.89 bits per heavy atom. The number of hydrogen-bond donors (Lipinski definition) is 2. The molecule has 0 saturated carbocycles. The molecular weight excluding hydrogens is 554 g/mol. The first-order chi connectivity index (χ1) is 16.9. The molecule has 0 amide bonds. The van der Waals surface area contributed by atoms with Gasteiger partial charge in [-0.25, -0.2) is 9.18 Å². The predicted octanol–water partition coefficient (Wildman–Crippen LogP) is 4.88. The zero-order chi connectivity index (χ0) is 24.5. The maximum absolute atomic E-state index is 13.3. The number of carboxylic acid groups (broad SMARTS) is 1. The Balaban J connectivity index is 0.00000169. The Morgan fingerprint density at radius 2 is 1.34 bits per heavy atom. The summed E-state index contributed by atoms with van der Waals surface area (Å²) in [5.41, 5.74) is 9.21. The molecule has 0 bridgehead atoms. The fourth-order valence-corrected chi connectivity index (χ4v) is 4.54. The van der Waals surface area contributed by atoms with Gasteiger partial charge in [-0.2, -0.15) is 0 Å². The molecule has 0 spiro atoms. The Morgan fingerprint density at radius 1 is 0.816 bits per heavy atom. The maximum Gasteiger partial charge on any atom is 0.341 e. The first-order valence-electron chi connectivity index (χ1n) is 11.4. The van der Waals surface area contributed by atoms with Gasteiger partial charge in [0.25, 0.3) is 0 Å². The number of hydrogen-bond acceptors (Lipinski definition) is 5. The summed E-state index contributed by atoms with van der Waals surface area (Å²) in [5.74, 6) is -1.51. The van der Waals surface area contributed by atoms with Gasteiger partial charge in [0, 0.05) is 61.4 Å². The minimum atomic E-state index is -1.26. The third kappa shape index (κ3) is 6.05. The summed E-state index contributed by atoms with van der Waals surface area (Å²) < 4.78 is 15.0. The Hall–Kier alpha value is -3.30. The highest BCUT2D eigenvalue weighted by atomic mass is 35.5. The number of aromatic carboxylic acids is 1. The average Bonchev–Trinajstić information content (AvgIpc) is 2.89. The lowest BCUT2D eigenvalue weighted by atomic mass is 10.1. The molecule has 7 nitrogen and oxygen atoms in total. The molecule has 0 atom stereocenters. The molecule has 38 heavy (non-hydrogen) atoms. The van der Waals surface area contributed by atoms with E-state index in [0.717, 1.165) is 48.8 Å². The second-order valence-corrected chi connectivity index (χ2v) is 8.57. The van der Waals surface area contributed by atoms with Crippen LogP contribution in [0.4, 0.5) is 15.8 Å². The van der Waals surface area contributed by atoms with Crippen molar-refractivity contribution in [1.29, 1.82) is 0 Å². The smallest absolute Gasteiger partial charge is 0.341 e. The van der Waals surface area contributed by atoms with Gasteiger partial charge in [-0.1, -0.05) is 12.1 Å². The SMILES string of the molecule is Cl.Cl.Cl.NCc1ccc(-n2cc(C(=O)O)c(=O)c3ccc(N4CCN(c5ccc(F)cc5)CC4)cc32)cc1. The van der Waals surface area contributed by atoms with Crippen LogP contribution in [-0.4, -0.2) is 41.8 Å². The summed E-state index contributed by atoms with van der Waals surface area (Å²) in [7, 11) is 0. The van der Waals surface area contributed by atoms with Crippen molar-refractivity contribution >= 4 is 65.5 Å². The molecule has 202 valence electrons. The molecule has 0 unspecified atom stereocenters. The highest BCUT2D eigenvalue weighted by Crippen LogP contribution is 2.26. The number of aromatic nitrogens is 1. The summed E-state index contributed by atoms with van der Waals surface area (Å²) in [6.07, 6.45) is 1.39. The van der Waals surface area contributed by atoms with Crippen LogP contribution < -0.4 is 21.0 Å². The third-order valence-electron chi connectivity index (χ3n) is 6.51. The summed E-state index contributed by atoms with van der Waals surface area (Å²) >= 11 is 0. The van der Waals surface area contributed by atoms with E-state index in [4.69, 9.17) is 5.73 Å². The number of nitrogens with zero attached hydrogens (tertiary/aromatic N) is 3. The highest BCUT2D eigenvalue weighted by Gasteiger charge is 2.20. The number of anilines is 2. The standard InChI is InChI=1S/C27H25FN4O3.3ClH/c28-19-3-7-20(8-4-19)30-11-13-31(14-12-30)22-9-10-23-25(15-22)32(17-24(26(23)33)27(34)35)21-5-1-18(16-29)2-6-21;;;/h1-10,15,17H,11-14,16,29H2,(H,34,35);3*1H.